The monoisotopic (exact) mass is 269 g/mol. The van der Waals surface area contributed by atoms with Gasteiger partial charge in [0.05, 0.1) is 0 Å². The second-order valence-corrected chi connectivity index (χ2v) is 5.11. The molecule has 2 rings (SSSR count). The molecule has 0 aromatic heterocycles. The standard InChI is InChI=1S/C14H17ClFNO/c1-10-9-11(16)5-6-13(10)14(18)17(8-7-15)12-3-2-4-12/h5-6,9,12H,2-4,7-8H2,1H3. The maximum Gasteiger partial charge on any atom is 0.254 e. The number of rotatable bonds is 4. The van der Waals surface area contributed by atoms with Gasteiger partial charge in [0, 0.05) is 24.0 Å². The molecule has 0 N–H and O–H groups in total. The van der Waals surface area contributed by atoms with E-state index in [1.54, 1.807) is 13.0 Å². The highest BCUT2D eigenvalue weighted by atomic mass is 35.5. The van der Waals surface area contributed by atoms with Crippen molar-refractivity contribution in [3.8, 4) is 0 Å². The first-order valence-electron chi connectivity index (χ1n) is 6.26. The van der Waals surface area contributed by atoms with Crippen LogP contribution in [0, 0.1) is 12.7 Å². The number of nitrogens with zero attached hydrogens (tertiary/aromatic N) is 1. The Kier molecular flexibility index (Phi) is 4.23. The highest BCUT2D eigenvalue weighted by Gasteiger charge is 2.29. The van der Waals surface area contributed by atoms with E-state index in [9.17, 15) is 9.18 Å². The molecular weight excluding hydrogens is 253 g/mol. The molecule has 0 bridgehead atoms. The summed E-state index contributed by atoms with van der Waals surface area (Å²) >= 11 is 5.76. The molecule has 0 unspecified atom stereocenters. The average Bonchev–Trinajstić information content (AvgIpc) is 2.25. The minimum Gasteiger partial charge on any atom is -0.334 e. The minimum atomic E-state index is -0.309. The van der Waals surface area contributed by atoms with Crippen molar-refractivity contribution in [3.05, 3.63) is 35.1 Å². The smallest absolute Gasteiger partial charge is 0.254 e. The molecule has 1 aromatic rings. The van der Waals surface area contributed by atoms with Crippen LogP contribution in [-0.4, -0.2) is 29.3 Å². The van der Waals surface area contributed by atoms with Gasteiger partial charge in [0.2, 0.25) is 0 Å². The number of carbonyl (C=O) groups is 1. The van der Waals surface area contributed by atoms with Crippen LogP contribution in [0.1, 0.15) is 35.2 Å². The van der Waals surface area contributed by atoms with Crippen LogP contribution in [0.25, 0.3) is 0 Å². The number of benzene rings is 1. The SMILES string of the molecule is Cc1cc(F)ccc1C(=O)N(CCCl)C1CCC1. The molecule has 0 spiro atoms. The Bertz CT molecular complexity index is 445. The molecule has 1 fully saturated rings. The Morgan fingerprint density at radius 2 is 2.22 bits per heavy atom. The number of carbonyl (C=O) groups excluding carboxylic acids is 1. The first-order valence-corrected chi connectivity index (χ1v) is 6.80. The van der Waals surface area contributed by atoms with E-state index in [2.05, 4.69) is 0 Å². The van der Waals surface area contributed by atoms with Gasteiger partial charge in [0.1, 0.15) is 5.82 Å². The van der Waals surface area contributed by atoms with Gasteiger partial charge in [-0.05, 0) is 49.9 Å². The highest BCUT2D eigenvalue weighted by Crippen LogP contribution is 2.26. The van der Waals surface area contributed by atoms with Gasteiger partial charge in [-0.1, -0.05) is 0 Å². The molecule has 0 aliphatic heterocycles. The molecule has 18 heavy (non-hydrogen) atoms. The molecule has 0 radical (unpaired) electrons. The lowest BCUT2D eigenvalue weighted by atomic mass is 9.90. The molecule has 2 nitrogen and oxygen atoms in total. The van der Waals surface area contributed by atoms with Crippen molar-refractivity contribution in [2.24, 2.45) is 0 Å². The number of halogens is 2. The quantitative estimate of drug-likeness (QED) is 0.768. The molecular formula is C14H17ClFNO. The van der Waals surface area contributed by atoms with Gasteiger partial charge in [-0.15, -0.1) is 11.6 Å². The maximum atomic E-state index is 13.0. The molecule has 0 saturated heterocycles. The second kappa shape index (κ2) is 5.70. The Morgan fingerprint density at radius 1 is 1.50 bits per heavy atom. The summed E-state index contributed by atoms with van der Waals surface area (Å²) in [5.74, 6) is 0.0945. The van der Waals surface area contributed by atoms with E-state index in [-0.39, 0.29) is 11.7 Å². The van der Waals surface area contributed by atoms with E-state index in [4.69, 9.17) is 11.6 Å². The lowest BCUT2D eigenvalue weighted by Crippen LogP contribution is -2.45. The van der Waals surface area contributed by atoms with Crippen LogP contribution in [0.2, 0.25) is 0 Å². The lowest BCUT2D eigenvalue weighted by molar-refractivity contribution is 0.0597. The first kappa shape index (κ1) is 13.3. The van der Waals surface area contributed by atoms with Gasteiger partial charge in [-0.3, -0.25) is 4.79 Å². The van der Waals surface area contributed by atoms with E-state index >= 15 is 0 Å². The number of hydrogen-bond donors (Lipinski definition) is 0. The lowest BCUT2D eigenvalue weighted by Gasteiger charge is -2.37. The van der Waals surface area contributed by atoms with Crippen molar-refractivity contribution >= 4 is 17.5 Å². The summed E-state index contributed by atoms with van der Waals surface area (Å²) in [6, 6.07) is 4.60. The zero-order valence-electron chi connectivity index (χ0n) is 10.5. The summed E-state index contributed by atoms with van der Waals surface area (Å²) in [4.78, 5) is 14.3. The van der Waals surface area contributed by atoms with Gasteiger partial charge in [0.15, 0.2) is 0 Å². The molecule has 1 amide bonds. The third-order valence-electron chi connectivity index (χ3n) is 3.52. The molecule has 0 atom stereocenters. The fourth-order valence-electron chi connectivity index (χ4n) is 2.26. The third kappa shape index (κ3) is 2.66. The Morgan fingerprint density at radius 3 is 2.72 bits per heavy atom. The Balaban J connectivity index is 2.21. The number of amides is 1. The van der Waals surface area contributed by atoms with Crippen molar-refractivity contribution in [1.29, 1.82) is 0 Å². The van der Waals surface area contributed by atoms with Crippen LogP contribution in [0.5, 0.6) is 0 Å². The highest BCUT2D eigenvalue weighted by molar-refractivity contribution is 6.18. The molecule has 4 heteroatoms. The predicted octanol–water partition coefficient (Wildman–Crippen LogP) is 3.37. The molecule has 98 valence electrons. The van der Waals surface area contributed by atoms with Gasteiger partial charge in [-0.25, -0.2) is 4.39 Å². The van der Waals surface area contributed by atoms with E-state index in [1.807, 2.05) is 4.90 Å². The van der Waals surface area contributed by atoms with Gasteiger partial charge >= 0.3 is 0 Å². The summed E-state index contributed by atoms with van der Waals surface area (Å²) < 4.78 is 13.0. The molecule has 1 aliphatic rings. The minimum absolute atomic E-state index is 0.0298. The summed E-state index contributed by atoms with van der Waals surface area (Å²) in [5.41, 5.74) is 1.26. The van der Waals surface area contributed by atoms with E-state index in [0.29, 0.717) is 29.6 Å². The van der Waals surface area contributed by atoms with Gasteiger partial charge < -0.3 is 4.90 Å². The topological polar surface area (TPSA) is 20.3 Å². The fourth-order valence-corrected chi connectivity index (χ4v) is 2.44. The summed E-state index contributed by atoms with van der Waals surface area (Å²) in [5, 5.41) is 0. The summed E-state index contributed by atoms with van der Waals surface area (Å²) in [6.45, 7) is 2.32. The van der Waals surface area contributed by atoms with E-state index < -0.39 is 0 Å². The van der Waals surface area contributed by atoms with Crippen molar-refractivity contribution in [3.63, 3.8) is 0 Å². The fraction of sp³-hybridized carbons (Fsp3) is 0.500. The zero-order valence-corrected chi connectivity index (χ0v) is 11.2. The summed E-state index contributed by atoms with van der Waals surface area (Å²) in [7, 11) is 0. The van der Waals surface area contributed by atoms with Crippen LogP contribution in [0.3, 0.4) is 0 Å². The largest absolute Gasteiger partial charge is 0.334 e. The van der Waals surface area contributed by atoms with Crippen LogP contribution in [-0.2, 0) is 0 Å². The maximum absolute atomic E-state index is 13.0. The van der Waals surface area contributed by atoms with Crippen LogP contribution >= 0.6 is 11.6 Å². The predicted molar refractivity (Wildman–Crippen MR) is 70.5 cm³/mol. The van der Waals surface area contributed by atoms with Crippen molar-refractivity contribution in [2.45, 2.75) is 32.2 Å². The molecule has 1 aliphatic carbocycles. The van der Waals surface area contributed by atoms with Crippen molar-refractivity contribution in [2.75, 3.05) is 12.4 Å². The van der Waals surface area contributed by atoms with Gasteiger partial charge in [-0.2, -0.15) is 0 Å². The van der Waals surface area contributed by atoms with Gasteiger partial charge in [0.25, 0.3) is 5.91 Å². The van der Waals surface area contributed by atoms with Crippen molar-refractivity contribution < 1.29 is 9.18 Å². The van der Waals surface area contributed by atoms with Crippen LogP contribution in [0.15, 0.2) is 18.2 Å². The number of alkyl halides is 1. The number of aryl methyl sites for hydroxylation is 1. The number of hydrogen-bond acceptors (Lipinski definition) is 1. The van der Waals surface area contributed by atoms with Crippen LogP contribution in [0.4, 0.5) is 4.39 Å². The molecule has 1 aromatic carbocycles. The first-order chi connectivity index (χ1) is 8.63. The van der Waals surface area contributed by atoms with E-state index in [1.165, 1.54) is 18.6 Å². The van der Waals surface area contributed by atoms with Crippen molar-refractivity contribution in [1.82, 2.24) is 4.90 Å². The average molecular weight is 270 g/mol. The van der Waals surface area contributed by atoms with E-state index in [0.717, 1.165) is 12.8 Å². The molecule has 0 heterocycles. The Hall–Kier alpha value is -1.09. The second-order valence-electron chi connectivity index (χ2n) is 4.73. The zero-order chi connectivity index (χ0) is 13.1. The normalized spacial score (nSPS) is 15.3. The molecule has 1 saturated carbocycles. The Labute approximate surface area is 112 Å². The summed E-state index contributed by atoms with van der Waals surface area (Å²) in [6.07, 6.45) is 3.25. The van der Waals surface area contributed by atoms with Crippen LogP contribution < -0.4 is 0 Å². The third-order valence-corrected chi connectivity index (χ3v) is 3.69.